The zero-order valence-electron chi connectivity index (χ0n) is 9.67. The van der Waals surface area contributed by atoms with Crippen molar-refractivity contribution in [3.05, 3.63) is 34.7 Å². The van der Waals surface area contributed by atoms with Crippen LogP contribution in [0, 0.1) is 0 Å². The van der Waals surface area contributed by atoms with Crippen LogP contribution >= 0.6 is 12.6 Å². The minimum Gasteiger partial charge on any atom is -0.508 e. The van der Waals surface area contributed by atoms with Crippen LogP contribution in [0.2, 0.25) is 0 Å². The Bertz CT molecular complexity index is 511. The number of carbonyl (C=O) groups excluding carboxylic acids is 1. The number of carboxylic acids is 1. The van der Waals surface area contributed by atoms with Gasteiger partial charge in [0.15, 0.2) is 0 Å². The molecule has 0 aromatic heterocycles. The van der Waals surface area contributed by atoms with Gasteiger partial charge in [-0.3, -0.25) is 9.59 Å². The van der Waals surface area contributed by atoms with E-state index in [1.807, 2.05) is 0 Å². The van der Waals surface area contributed by atoms with Gasteiger partial charge in [-0.2, -0.15) is 0 Å². The number of aliphatic carboxylic acids is 1. The van der Waals surface area contributed by atoms with Gasteiger partial charge in [0.1, 0.15) is 12.3 Å². The maximum absolute atomic E-state index is 11.6. The molecule has 0 saturated heterocycles. The predicted molar refractivity (Wildman–Crippen MR) is 70.3 cm³/mol. The maximum atomic E-state index is 11.6. The lowest BCUT2D eigenvalue weighted by Gasteiger charge is -2.07. The Kier molecular flexibility index (Phi) is 4.79. The number of hydrogen-bond acceptors (Lipinski definition) is 4. The molecule has 0 unspecified atom stereocenters. The highest BCUT2D eigenvalue weighted by molar-refractivity contribution is 7.85. The number of rotatable bonds is 4. The number of carboxylic acid groups (broad SMARTS) is 1. The number of thiol groups is 1. The average molecular weight is 267 g/mol. The fourth-order valence-electron chi connectivity index (χ4n) is 1.29. The zero-order chi connectivity index (χ0) is 13.7. The van der Waals surface area contributed by atoms with Crippen molar-refractivity contribution in [2.45, 2.75) is 6.92 Å². The SMILES string of the molecule is C/C(=C(\S)C(=O)NCC(=O)O)c1cccc(O)c1. The third kappa shape index (κ3) is 3.81. The third-order valence-corrected chi connectivity index (χ3v) is 2.79. The van der Waals surface area contributed by atoms with Crippen molar-refractivity contribution in [1.29, 1.82) is 0 Å². The van der Waals surface area contributed by atoms with Crippen molar-refractivity contribution in [3.8, 4) is 5.75 Å². The number of aromatic hydroxyl groups is 1. The van der Waals surface area contributed by atoms with E-state index in [-0.39, 0.29) is 10.7 Å². The number of hydrogen-bond donors (Lipinski definition) is 4. The van der Waals surface area contributed by atoms with Crippen molar-refractivity contribution in [2.75, 3.05) is 6.54 Å². The minimum atomic E-state index is -1.13. The van der Waals surface area contributed by atoms with Gasteiger partial charge >= 0.3 is 5.97 Å². The molecule has 0 aliphatic rings. The molecule has 0 aliphatic heterocycles. The van der Waals surface area contributed by atoms with E-state index in [9.17, 15) is 14.7 Å². The molecule has 1 aromatic rings. The van der Waals surface area contributed by atoms with E-state index in [1.165, 1.54) is 12.1 Å². The Morgan fingerprint density at radius 3 is 2.61 bits per heavy atom. The first-order valence-corrected chi connectivity index (χ1v) is 5.55. The predicted octanol–water partition coefficient (Wildman–Crippen LogP) is 1.25. The summed E-state index contributed by atoms with van der Waals surface area (Å²) in [6.07, 6.45) is 0. The van der Waals surface area contributed by atoms with Crippen LogP contribution in [0.4, 0.5) is 0 Å². The summed E-state index contributed by atoms with van der Waals surface area (Å²) in [6, 6.07) is 6.37. The fraction of sp³-hybridized carbons (Fsp3) is 0.167. The van der Waals surface area contributed by atoms with Crippen molar-refractivity contribution < 1.29 is 19.8 Å². The van der Waals surface area contributed by atoms with Crippen LogP contribution in [0.5, 0.6) is 5.75 Å². The summed E-state index contributed by atoms with van der Waals surface area (Å²) >= 11 is 4.06. The van der Waals surface area contributed by atoms with Crippen LogP contribution in [0.1, 0.15) is 12.5 Å². The molecule has 0 bridgehead atoms. The molecule has 0 fully saturated rings. The first-order valence-electron chi connectivity index (χ1n) is 5.11. The normalized spacial score (nSPS) is 11.7. The molecular weight excluding hydrogens is 254 g/mol. The molecule has 6 heteroatoms. The van der Waals surface area contributed by atoms with E-state index < -0.39 is 18.4 Å². The van der Waals surface area contributed by atoms with Gasteiger partial charge in [0.25, 0.3) is 5.91 Å². The molecule has 0 aliphatic carbocycles. The zero-order valence-corrected chi connectivity index (χ0v) is 10.6. The molecule has 0 saturated carbocycles. The van der Waals surface area contributed by atoms with Crippen LogP contribution in [-0.4, -0.2) is 28.6 Å². The van der Waals surface area contributed by atoms with Gasteiger partial charge in [-0.1, -0.05) is 12.1 Å². The van der Waals surface area contributed by atoms with Crippen molar-refractivity contribution in [3.63, 3.8) is 0 Å². The molecule has 0 heterocycles. The number of phenolic OH excluding ortho intramolecular Hbond substituents is 1. The number of amides is 1. The molecule has 0 atom stereocenters. The van der Waals surface area contributed by atoms with Crippen molar-refractivity contribution in [1.82, 2.24) is 5.32 Å². The van der Waals surface area contributed by atoms with Gasteiger partial charge in [-0.05, 0) is 30.2 Å². The van der Waals surface area contributed by atoms with Gasteiger partial charge in [-0.15, -0.1) is 12.6 Å². The van der Waals surface area contributed by atoms with E-state index in [0.29, 0.717) is 11.1 Å². The summed E-state index contributed by atoms with van der Waals surface area (Å²) in [5.74, 6) is -1.61. The number of phenols is 1. The maximum Gasteiger partial charge on any atom is 0.322 e. The topological polar surface area (TPSA) is 86.6 Å². The molecule has 0 radical (unpaired) electrons. The van der Waals surface area contributed by atoms with Crippen LogP contribution in [0.25, 0.3) is 5.57 Å². The molecule has 96 valence electrons. The van der Waals surface area contributed by atoms with Gasteiger partial charge in [0.05, 0.1) is 4.91 Å². The second-order valence-electron chi connectivity index (χ2n) is 3.60. The molecule has 1 aromatic carbocycles. The summed E-state index contributed by atoms with van der Waals surface area (Å²) in [5.41, 5.74) is 1.20. The third-order valence-electron chi connectivity index (χ3n) is 2.25. The van der Waals surface area contributed by atoms with Gasteiger partial charge < -0.3 is 15.5 Å². The van der Waals surface area contributed by atoms with E-state index in [4.69, 9.17) is 5.11 Å². The lowest BCUT2D eigenvalue weighted by molar-refractivity contribution is -0.137. The second kappa shape index (κ2) is 6.11. The smallest absolute Gasteiger partial charge is 0.322 e. The number of carbonyl (C=O) groups is 2. The summed E-state index contributed by atoms with van der Waals surface area (Å²) < 4.78 is 0. The van der Waals surface area contributed by atoms with E-state index in [0.717, 1.165) is 0 Å². The van der Waals surface area contributed by atoms with Crippen LogP contribution in [0.3, 0.4) is 0 Å². The molecule has 5 nitrogen and oxygen atoms in total. The van der Waals surface area contributed by atoms with E-state index >= 15 is 0 Å². The highest BCUT2D eigenvalue weighted by atomic mass is 32.1. The molecule has 0 spiro atoms. The Balaban J connectivity index is 2.91. The van der Waals surface area contributed by atoms with Gasteiger partial charge in [0.2, 0.25) is 0 Å². The number of benzene rings is 1. The Labute approximate surface area is 110 Å². The largest absolute Gasteiger partial charge is 0.508 e. The van der Waals surface area contributed by atoms with E-state index in [1.54, 1.807) is 19.1 Å². The highest BCUT2D eigenvalue weighted by Gasteiger charge is 2.11. The lowest BCUT2D eigenvalue weighted by Crippen LogP contribution is -2.29. The first kappa shape index (κ1) is 14.1. The monoisotopic (exact) mass is 267 g/mol. The van der Waals surface area contributed by atoms with Crippen LogP contribution in [0.15, 0.2) is 29.2 Å². The average Bonchev–Trinajstić information content (AvgIpc) is 2.34. The number of nitrogens with one attached hydrogen (secondary N) is 1. The first-order chi connectivity index (χ1) is 8.41. The molecule has 18 heavy (non-hydrogen) atoms. The summed E-state index contributed by atoms with van der Waals surface area (Å²) in [6.45, 7) is 1.20. The quantitative estimate of drug-likeness (QED) is 0.488. The molecule has 1 amide bonds. The van der Waals surface area contributed by atoms with Gasteiger partial charge in [0, 0.05) is 0 Å². The summed E-state index contributed by atoms with van der Waals surface area (Å²) in [4.78, 5) is 22.0. The molecular formula is C12H13NO4S. The highest BCUT2D eigenvalue weighted by Crippen LogP contribution is 2.23. The van der Waals surface area contributed by atoms with Crippen molar-refractivity contribution in [2.24, 2.45) is 0 Å². The Hall–Kier alpha value is -1.95. The van der Waals surface area contributed by atoms with E-state index in [2.05, 4.69) is 17.9 Å². The minimum absolute atomic E-state index is 0.0823. The number of allylic oxidation sites excluding steroid dienone is 1. The fourth-order valence-corrected chi connectivity index (χ4v) is 1.49. The van der Waals surface area contributed by atoms with Gasteiger partial charge in [-0.25, -0.2) is 0 Å². The molecule has 3 N–H and O–H groups in total. The summed E-state index contributed by atoms with van der Waals surface area (Å²) in [7, 11) is 0. The molecule has 1 rings (SSSR count). The lowest BCUT2D eigenvalue weighted by atomic mass is 10.1. The summed E-state index contributed by atoms with van der Waals surface area (Å²) in [5, 5.41) is 20.0. The second-order valence-corrected chi connectivity index (χ2v) is 4.05. The van der Waals surface area contributed by atoms with Crippen LogP contribution in [-0.2, 0) is 9.59 Å². The Morgan fingerprint density at radius 1 is 1.39 bits per heavy atom. The van der Waals surface area contributed by atoms with Crippen molar-refractivity contribution >= 4 is 30.1 Å². The Morgan fingerprint density at radius 2 is 2.06 bits per heavy atom. The standard InChI is InChI=1S/C12H13NO4S/c1-7(8-3-2-4-9(14)5-8)11(18)12(17)13-6-10(15)16/h2-5,14,18H,6H2,1H3,(H,13,17)(H,15,16)/b11-7+. The van der Waals surface area contributed by atoms with Crippen LogP contribution < -0.4 is 5.32 Å².